The lowest BCUT2D eigenvalue weighted by molar-refractivity contribution is -0.148. The van der Waals surface area contributed by atoms with Crippen LogP contribution >= 0.6 is 23.2 Å². The van der Waals surface area contributed by atoms with E-state index in [4.69, 9.17) is 23.2 Å². The first-order chi connectivity index (χ1) is 17.4. The van der Waals surface area contributed by atoms with Gasteiger partial charge in [0, 0.05) is 56.1 Å². The van der Waals surface area contributed by atoms with Gasteiger partial charge in [-0.2, -0.15) is 0 Å². The molecule has 4 unspecified atom stereocenters. The largest absolute Gasteiger partial charge is 0.331 e. The van der Waals surface area contributed by atoms with Gasteiger partial charge in [0.1, 0.15) is 5.78 Å². The van der Waals surface area contributed by atoms with Gasteiger partial charge in [-0.15, -0.1) is 0 Å². The summed E-state index contributed by atoms with van der Waals surface area (Å²) in [6.45, 7) is 11.8. The van der Waals surface area contributed by atoms with Gasteiger partial charge in [0.05, 0.1) is 6.04 Å². The SMILES string of the molecule is CC(C)C(=O)CC1CCC(c2ccc(Cl)cc2)N(C(CS(=O)C(C)C)C(C)C)C1=O.Clc1ccccc1. The molecule has 0 spiro atoms. The Morgan fingerprint density at radius 3 is 1.95 bits per heavy atom. The van der Waals surface area contributed by atoms with Crippen molar-refractivity contribution < 1.29 is 13.8 Å². The highest BCUT2D eigenvalue weighted by Crippen LogP contribution is 2.39. The monoisotopic (exact) mass is 565 g/mol. The molecule has 4 nitrogen and oxygen atoms in total. The number of Topliss-reactive ketones (excluding diaryl/α,β-unsaturated/α-hetero) is 1. The molecule has 0 aliphatic carbocycles. The Kier molecular flexibility index (Phi) is 12.8. The molecule has 0 bridgehead atoms. The average molecular weight is 567 g/mol. The summed E-state index contributed by atoms with van der Waals surface area (Å²) < 4.78 is 12.7. The van der Waals surface area contributed by atoms with Gasteiger partial charge in [-0.05, 0) is 48.6 Å². The molecule has 7 heteroatoms. The van der Waals surface area contributed by atoms with Gasteiger partial charge in [-0.3, -0.25) is 13.8 Å². The van der Waals surface area contributed by atoms with Crippen molar-refractivity contribution in [3.05, 3.63) is 70.2 Å². The molecule has 3 rings (SSSR count). The van der Waals surface area contributed by atoms with E-state index in [2.05, 4.69) is 13.8 Å². The smallest absolute Gasteiger partial charge is 0.226 e. The third-order valence-corrected chi connectivity index (χ3v) is 9.02. The fraction of sp³-hybridized carbons (Fsp3) is 0.533. The molecular weight excluding hydrogens is 525 g/mol. The van der Waals surface area contributed by atoms with Crippen LogP contribution in [0.1, 0.15) is 72.4 Å². The van der Waals surface area contributed by atoms with E-state index in [0.29, 0.717) is 23.6 Å². The molecule has 2 aromatic carbocycles. The lowest BCUT2D eigenvalue weighted by Crippen LogP contribution is -2.53. The highest BCUT2D eigenvalue weighted by Gasteiger charge is 2.42. The number of halogens is 2. The fourth-order valence-electron chi connectivity index (χ4n) is 4.43. The lowest BCUT2D eigenvalue weighted by Gasteiger charge is -2.46. The van der Waals surface area contributed by atoms with Crippen LogP contribution in [0.4, 0.5) is 0 Å². The highest BCUT2D eigenvalue weighted by molar-refractivity contribution is 7.85. The van der Waals surface area contributed by atoms with Crippen molar-refractivity contribution in [2.24, 2.45) is 17.8 Å². The first-order valence-electron chi connectivity index (χ1n) is 13.1. The van der Waals surface area contributed by atoms with Crippen molar-refractivity contribution in [3.8, 4) is 0 Å². The lowest BCUT2D eigenvalue weighted by atomic mass is 9.82. The number of hydrogen-bond acceptors (Lipinski definition) is 3. The minimum atomic E-state index is -1.03. The van der Waals surface area contributed by atoms with Crippen LogP contribution in [0, 0.1) is 17.8 Å². The van der Waals surface area contributed by atoms with Crippen LogP contribution in [-0.2, 0) is 20.4 Å². The fourth-order valence-corrected chi connectivity index (χ4v) is 5.97. The van der Waals surface area contributed by atoms with Crippen LogP contribution < -0.4 is 0 Å². The molecule has 1 heterocycles. The Morgan fingerprint density at radius 1 is 0.919 bits per heavy atom. The van der Waals surface area contributed by atoms with Crippen LogP contribution in [0.5, 0.6) is 0 Å². The third kappa shape index (κ3) is 9.53. The van der Waals surface area contributed by atoms with Gasteiger partial charge in [-0.1, -0.05) is 95.1 Å². The van der Waals surface area contributed by atoms with Gasteiger partial charge in [-0.25, -0.2) is 0 Å². The minimum absolute atomic E-state index is 0.0228. The van der Waals surface area contributed by atoms with E-state index >= 15 is 0 Å². The van der Waals surface area contributed by atoms with E-state index in [9.17, 15) is 13.8 Å². The zero-order valence-corrected chi connectivity index (χ0v) is 25.2. The van der Waals surface area contributed by atoms with Gasteiger partial charge >= 0.3 is 0 Å². The van der Waals surface area contributed by atoms with E-state index in [-0.39, 0.29) is 46.8 Å². The number of nitrogens with zero attached hydrogens (tertiary/aromatic N) is 1. The number of benzene rings is 2. The topological polar surface area (TPSA) is 54.5 Å². The molecule has 37 heavy (non-hydrogen) atoms. The van der Waals surface area contributed by atoms with Crippen molar-refractivity contribution in [2.45, 2.75) is 78.1 Å². The molecule has 1 saturated heterocycles. The zero-order chi connectivity index (χ0) is 27.7. The van der Waals surface area contributed by atoms with E-state index < -0.39 is 10.8 Å². The molecule has 1 fully saturated rings. The van der Waals surface area contributed by atoms with Gasteiger partial charge < -0.3 is 4.90 Å². The number of likely N-dealkylation sites (tertiary alicyclic amines) is 1. The Balaban J connectivity index is 0.000000591. The summed E-state index contributed by atoms with van der Waals surface area (Å²) in [7, 11) is -1.03. The number of amides is 1. The maximum atomic E-state index is 13.7. The van der Waals surface area contributed by atoms with Gasteiger partial charge in [0.2, 0.25) is 5.91 Å². The Bertz CT molecular complexity index is 1020. The summed E-state index contributed by atoms with van der Waals surface area (Å²) in [6.07, 6.45) is 1.78. The number of piperidine rings is 1. The standard InChI is InChI=1S/C24H36ClNO3S.C6H5Cl/c1-15(2)22(14-30(29)17(5)6)26-21(18-7-10-20(25)11-8-18)12-9-19(24(26)28)13-23(27)16(3)4;7-6-4-2-1-3-5-6/h7-8,10-11,15-17,19,21-22H,9,12-14H2,1-6H3;1-5H. The summed E-state index contributed by atoms with van der Waals surface area (Å²) in [6, 6.07) is 16.9. The first-order valence-corrected chi connectivity index (χ1v) is 15.2. The molecule has 2 aromatic rings. The number of ketones is 1. The maximum absolute atomic E-state index is 13.7. The molecule has 1 aliphatic rings. The Morgan fingerprint density at radius 2 is 1.49 bits per heavy atom. The zero-order valence-electron chi connectivity index (χ0n) is 22.8. The van der Waals surface area contributed by atoms with E-state index in [1.54, 1.807) is 0 Å². The van der Waals surface area contributed by atoms with Crippen molar-refractivity contribution in [2.75, 3.05) is 5.75 Å². The molecule has 4 atom stereocenters. The minimum Gasteiger partial charge on any atom is -0.331 e. The van der Waals surface area contributed by atoms with Crippen molar-refractivity contribution >= 4 is 45.7 Å². The normalized spacial score (nSPS) is 19.5. The summed E-state index contributed by atoms with van der Waals surface area (Å²) in [5, 5.41) is 1.50. The van der Waals surface area contributed by atoms with E-state index in [1.807, 2.05) is 87.2 Å². The number of hydrogen-bond donors (Lipinski definition) is 0. The van der Waals surface area contributed by atoms with Gasteiger partial charge in [0.15, 0.2) is 0 Å². The second-order valence-corrected chi connectivity index (χ2v) is 13.5. The highest BCUT2D eigenvalue weighted by atomic mass is 35.5. The Labute approximate surface area is 235 Å². The number of carbonyl (C=O) groups excluding carboxylic acids is 2. The van der Waals surface area contributed by atoms with Crippen LogP contribution in [0.15, 0.2) is 54.6 Å². The molecule has 0 aromatic heterocycles. The summed E-state index contributed by atoms with van der Waals surface area (Å²) >= 11 is 11.6. The van der Waals surface area contributed by atoms with E-state index in [1.165, 1.54) is 0 Å². The summed E-state index contributed by atoms with van der Waals surface area (Å²) in [4.78, 5) is 28.0. The van der Waals surface area contributed by atoms with Crippen molar-refractivity contribution in [1.82, 2.24) is 4.90 Å². The number of carbonyl (C=O) groups is 2. The van der Waals surface area contributed by atoms with Crippen LogP contribution in [0.2, 0.25) is 10.0 Å². The summed E-state index contributed by atoms with van der Waals surface area (Å²) in [5.41, 5.74) is 1.04. The van der Waals surface area contributed by atoms with Crippen LogP contribution in [0.3, 0.4) is 0 Å². The van der Waals surface area contributed by atoms with Crippen LogP contribution in [0.25, 0.3) is 0 Å². The second-order valence-electron chi connectivity index (χ2n) is 10.6. The van der Waals surface area contributed by atoms with Crippen molar-refractivity contribution in [1.29, 1.82) is 0 Å². The molecule has 1 aliphatic heterocycles. The Hall–Kier alpha value is -1.69. The molecule has 0 N–H and O–H groups in total. The van der Waals surface area contributed by atoms with E-state index in [0.717, 1.165) is 17.0 Å². The predicted molar refractivity (Wildman–Crippen MR) is 156 cm³/mol. The molecular formula is C30H41Cl2NO3S. The molecule has 0 radical (unpaired) electrons. The summed E-state index contributed by atoms with van der Waals surface area (Å²) in [5.74, 6) is 0.397. The molecule has 204 valence electrons. The predicted octanol–water partition coefficient (Wildman–Crippen LogP) is 7.76. The molecule has 0 saturated carbocycles. The second kappa shape index (κ2) is 15.0. The third-order valence-electron chi connectivity index (χ3n) is 6.80. The molecule has 1 amide bonds. The first kappa shape index (κ1) is 31.5. The quantitative estimate of drug-likeness (QED) is 0.312. The number of rotatable bonds is 9. The van der Waals surface area contributed by atoms with Crippen molar-refractivity contribution in [3.63, 3.8) is 0 Å². The average Bonchev–Trinajstić information content (AvgIpc) is 2.85. The maximum Gasteiger partial charge on any atom is 0.226 e. The van der Waals surface area contributed by atoms with Gasteiger partial charge in [0.25, 0.3) is 0 Å². The van der Waals surface area contributed by atoms with Crippen LogP contribution in [-0.4, -0.2) is 37.8 Å².